The summed E-state index contributed by atoms with van der Waals surface area (Å²) in [5.74, 6) is 0.430. The van der Waals surface area contributed by atoms with Gasteiger partial charge in [-0.1, -0.05) is 0 Å². The highest BCUT2D eigenvalue weighted by atomic mass is 16.6. The third-order valence-corrected chi connectivity index (χ3v) is 2.94. The molecule has 17 heavy (non-hydrogen) atoms. The van der Waals surface area contributed by atoms with Crippen molar-refractivity contribution >= 4 is 11.5 Å². The van der Waals surface area contributed by atoms with Crippen molar-refractivity contribution in [1.29, 1.82) is 0 Å². The van der Waals surface area contributed by atoms with Crippen molar-refractivity contribution in [1.82, 2.24) is 10.3 Å². The number of aromatic nitrogens is 1. The molecule has 1 fully saturated rings. The van der Waals surface area contributed by atoms with Gasteiger partial charge in [0.25, 0.3) is 0 Å². The Morgan fingerprint density at radius 1 is 1.65 bits per heavy atom. The number of nitrogens with one attached hydrogen (secondary N) is 2. The van der Waals surface area contributed by atoms with Crippen LogP contribution in [0.15, 0.2) is 18.3 Å². The van der Waals surface area contributed by atoms with Gasteiger partial charge in [0.1, 0.15) is 11.9 Å². The lowest BCUT2D eigenvalue weighted by Crippen LogP contribution is -2.33. The summed E-state index contributed by atoms with van der Waals surface area (Å²) in [6.07, 6.45) is 3.76. The largest absolute Gasteiger partial charge is 0.386 e. The van der Waals surface area contributed by atoms with Gasteiger partial charge in [0.05, 0.1) is 0 Å². The highest BCUT2D eigenvalue weighted by Crippen LogP contribution is 2.21. The van der Waals surface area contributed by atoms with Crippen LogP contribution in [0.25, 0.3) is 0 Å². The predicted octanol–water partition coefficient (Wildman–Crippen LogP) is 1.40. The second-order valence-corrected chi connectivity index (χ2v) is 4.22. The molecule has 0 aromatic carbocycles. The molecule has 1 unspecified atom stereocenters. The monoisotopic (exact) mass is 236 g/mol. The van der Waals surface area contributed by atoms with Gasteiger partial charge < -0.3 is 20.7 Å². The Balaban J connectivity index is 1.96. The fourth-order valence-corrected chi connectivity index (χ4v) is 2.03. The summed E-state index contributed by atoms with van der Waals surface area (Å²) in [6, 6.07) is 3.40. The molecule has 0 bridgehead atoms. The molecule has 1 aliphatic rings. The number of hydrogen-bond donors (Lipinski definition) is 2. The van der Waals surface area contributed by atoms with Crippen molar-refractivity contribution in [3.8, 4) is 0 Å². The molecule has 1 atom stereocenters. The van der Waals surface area contributed by atoms with Crippen molar-refractivity contribution in [3.63, 3.8) is 0 Å². The number of pyridine rings is 1. The first-order chi connectivity index (χ1) is 8.27. The van der Waals surface area contributed by atoms with Crippen LogP contribution in [0.3, 0.4) is 0 Å². The first kappa shape index (κ1) is 11.8. The molecule has 6 nitrogen and oxygen atoms in total. The smallest absolute Gasteiger partial charge is 0.378 e. The number of hydrogen-bond acceptors (Lipinski definition) is 5. The van der Waals surface area contributed by atoms with E-state index in [2.05, 4.69) is 15.6 Å². The molecule has 2 N–H and O–H groups in total. The van der Waals surface area contributed by atoms with Crippen LogP contribution in [-0.2, 0) is 0 Å². The van der Waals surface area contributed by atoms with Crippen LogP contribution in [-0.4, -0.2) is 29.5 Å². The van der Waals surface area contributed by atoms with Crippen LogP contribution < -0.4 is 10.6 Å². The lowest BCUT2D eigenvalue weighted by molar-refractivity contribution is -0.388. The van der Waals surface area contributed by atoms with Gasteiger partial charge in [-0.15, -0.1) is 0 Å². The van der Waals surface area contributed by atoms with Gasteiger partial charge in [0.15, 0.2) is 0 Å². The van der Waals surface area contributed by atoms with Crippen LogP contribution in [0.5, 0.6) is 0 Å². The maximum absolute atomic E-state index is 10.8. The molecule has 2 heterocycles. The van der Waals surface area contributed by atoms with Crippen molar-refractivity contribution in [2.75, 3.05) is 25.0 Å². The zero-order chi connectivity index (χ0) is 12.1. The minimum atomic E-state index is -0.457. The number of rotatable bonds is 4. The van der Waals surface area contributed by atoms with E-state index < -0.39 is 4.92 Å². The van der Waals surface area contributed by atoms with E-state index in [9.17, 15) is 10.1 Å². The molecule has 0 amide bonds. The molecule has 6 heteroatoms. The molecule has 1 aromatic heterocycles. The zero-order valence-electron chi connectivity index (χ0n) is 9.56. The summed E-state index contributed by atoms with van der Waals surface area (Å²) in [5, 5.41) is 17.2. The maximum atomic E-state index is 10.8. The summed E-state index contributed by atoms with van der Waals surface area (Å²) in [4.78, 5) is 14.1. The van der Waals surface area contributed by atoms with Crippen LogP contribution in [0.2, 0.25) is 0 Å². The molecule has 92 valence electrons. The van der Waals surface area contributed by atoms with Crippen LogP contribution in [0.4, 0.5) is 11.5 Å². The van der Waals surface area contributed by atoms with Gasteiger partial charge in [0.2, 0.25) is 0 Å². The first-order valence-electron chi connectivity index (χ1n) is 5.81. The van der Waals surface area contributed by atoms with Gasteiger partial charge in [-0.25, -0.2) is 0 Å². The highest BCUT2D eigenvalue weighted by Gasteiger charge is 2.17. The lowest BCUT2D eigenvalue weighted by Gasteiger charge is -2.23. The lowest BCUT2D eigenvalue weighted by atomic mass is 10.00. The summed E-state index contributed by atoms with van der Waals surface area (Å²) in [5.41, 5.74) is 0.503. The molecule has 0 radical (unpaired) electrons. The Kier molecular flexibility index (Phi) is 3.87. The Labute approximate surface area is 99.6 Å². The molecule has 0 spiro atoms. The minimum Gasteiger partial charge on any atom is -0.378 e. The summed E-state index contributed by atoms with van der Waals surface area (Å²) in [7, 11) is 0. The van der Waals surface area contributed by atoms with Gasteiger partial charge >= 0.3 is 5.82 Å². The average Bonchev–Trinajstić information content (AvgIpc) is 2.38. The Morgan fingerprint density at radius 3 is 3.24 bits per heavy atom. The molecular formula is C11H16N4O2. The highest BCUT2D eigenvalue weighted by molar-refractivity contribution is 5.56. The van der Waals surface area contributed by atoms with Crippen LogP contribution >= 0.6 is 0 Å². The molecule has 1 aromatic rings. The standard InChI is InChI=1S/C11H16N4O2/c16-15(17)11-10(4-2-6-13-11)14-8-9-3-1-5-12-7-9/h2,4,6,9,12,14H,1,3,5,7-8H2. The van der Waals surface area contributed by atoms with E-state index in [1.807, 2.05) is 0 Å². The van der Waals surface area contributed by atoms with E-state index in [-0.39, 0.29) is 5.82 Å². The molecule has 1 aliphatic heterocycles. The third-order valence-electron chi connectivity index (χ3n) is 2.94. The summed E-state index contributed by atoms with van der Waals surface area (Å²) >= 11 is 0. The minimum absolute atomic E-state index is 0.101. The fourth-order valence-electron chi connectivity index (χ4n) is 2.03. The SMILES string of the molecule is O=[N+]([O-])c1ncccc1NCC1CCCNC1. The predicted molar refractivity (Wildman–Crippen MR) is 65.0 cm³/mol. The second-order valence-electron chi connectivity index (χ2n) is 4.22. The van der Waals surface area contributed by atoms with E-state index in [0.717, 1.165) is 26.1 Å². The number of nitro groups is 1. The topological polar surface area (TPSA) is 80.1 Å². The quantitative estimate of drug-likeness (QED) is 0.610. The van der Waals surface area contributed by atoms with E-state index in [0.29, 0.717) is 11.6 Å². The normalized spacial score (nSPS) is 19.9. The summed E-state index contributed by atoms with van der Waals surface area (Å²) in [6.45, 7) is 2.80. The van der Waals surface area contributed by atoms with Crippen molar-refractivity contribution in [2.24, 2.45) is 5.92 Å². The Bertz CT molecular complexity index is 391. The van der Waals surface area contributed by atoms with E-state index in [1.54, 1.807) is 12.1 Å². The fraction of sp³-hybridized carbons (Fsp3) is 0.545. The van der Waals surface area contributed by atoms with Gasteiger partial charge in [-0.3, -0.25) is 0 Å². The Hall–Kier alpha value is -1.69. The average molecular weight is 236 g/mol. The van der Waals surface area contributed by atoms with Crippen molar-refractivity contribution < 1.29 is 4.92 Å². The number of anilines is 1. The van der Waals surface area contributed by atoms with Crippen LogP contribution in [0.1, 0.15) is 12.8 Å². The van der Waals surface area contributed by atoms with Crippen LogP contribution in [0, 0.1) is 16.0 Å². The summed E-state index contributed by atoms with van der Waals surface area (Å²) < 4.78 is 0. The molecule has 0 saturated carbocycles. The molecular weight excluding hydrogens is 220 g/mol. The van der Waals surface area contributed by atoms with Crippen molar-refractivity contribution in [2.45, 2.75) is 12.8 Å². The first-order valence-corrected chi connectivity index (χ1v) is 5.81. The van der Waals surface area contributed by atoms with Gasteiger partial charge in [-0.2, -0.15) is 0 Å². The number of piperidine rings is 1. The molecule has 1 saturated heterocycles. The van der Waals surface area contributed by atoms with Gasteiger partial charge in [-0.05, 0) is 53.9 Å². The molecule has 0 aliphatic carbocycles. The van der Waals surface area contributed by atoms with Crippen molar-refractivity contribution in [3.05, 3.63) is 28.4 Å². The number of nitrogens with zero attached hydrogens (tertiary/aromatic N) is 2. The Morgan fingerprint density at radius 2 is 2.53 bits per heavy atom. The zero-order valence-corrected chi connectivity index (χ0v) is 9.56. The van der Waals surface area contributed by atoms with E-state index >= 15 is 0 Å². The van der Waals surface area contributed by atoms with Gasteiger partial charge in [0, 0.05) is 6.54 Å². The maximum Gasteiger partial charge on any atom is 0.386 e. The third kappa shape index (κ3) is 3.13. The second kappa shape index (κ2) is 5.58. The van der Waals surface area contributed by atoms with E-state index in [1.165, 1.54) is 12.6 Å². The molecule has 2 rings (SSSR count). The van der Waals surface area contributed by atoms with E-state index in [4.69, 9.17) is 0 Å².